The molecule has 210 valence electrons. The summed E-state index contributed by atoms with van der Waals surface area (Å²) in [6.45, 7) is 2.01. The summed E-state index contributed by atoms with van der Waals surface area (Å²) in [6.07, 6.45) is 1.29. The van der Waals surface area contributed by atoms with E-state index in [-0.39, 0.29) is 22.9 Å². The van der Waals surface area contributed by atoms with Gasteiger partial charge in [-0.1, -0.05) is 59.9 Å². The molecule has 3 N–H and O–H groups in total. The van der Waals surface area contributed by atoms with Gasteiger partial charge >= 0.3 is 0 Å². The summed E-state index contributed by atoms with van der Waals surface area (Å²) in [5, 5.41) is 8.74. The van der Waals surface area contributed by atoms with Gasteiger partial charge < -0.3 is 16.0 Å². The van der Waals surface area contributed by atoms with E-state index in [0.717, 1.165) is 20.7 Å². The monoisotopic (exact) mass is 596 g/mol. The van der Waals surface area contributed by atoms with Gasteiger partial charge in [-0.2, -0.15) is 0 Å². The molecule has 0 radical (unpaired) electrons. The lowest BCUT2D eigenvalue weighted by Gasteiger charge is -2.12. The lowest BCUT2D eigenvalue weighted by molar-refractivity contribution is -0.114. The van der Waals surface area contributed by atoms with E-state index in [9.17, 15) is 18.8 Å². The first-order valence-electron chi connectivity index (χ1n) is 12.9. The van der Waals surface area contributed by atoms with Crippen molar-refractivity contribution in [1.82, 2.24) is 10.3 Å². The molecule has 0 aliphatic carbocycles. The number of hydrogen-bond donors (Lipinski definition) is 3. The molecule has 0 saturated carbocycles. The molecule has 5 rings (SSSR count). The topological polar surface area (TPSA) is 100 Å². The number of carbonyl (C=O) groups is 3. The highest BCUT2D eigenvalue weighted by molar-refractivity contribution is 8.00. The molecule has 42 heavy (non-hydrogen) atoms. The molecule has 0 bridgehead atoms. The summed E-state index contributed by atoms with van der Waals surface area (Å²) in [5.41, 5.74) is 2.77. The molecule has 1 heterocycles. The lowest BCUT2D eigenvalue weighted by atomic mass is 10.1. The molecule has 0 atom stereocenters. The quantitative estimate of drug-likeness (QED) is 0.127. The van der Waals surface area contributed by atoms with Crippen LogP contribution in [-0.2, 0) is 9.59 Å². The molecule has 5 aromatic rings. The molecule has 0 aliphatic heterocycles. The Balaban J connectivity index is 1.25. The van der Waals surface area contributed by atoms with Crippen molar-refractivity contribution in [3.63, 3.8) is 0 Å². The maximum Gasteiger partial charge on any atom is 0.272 e. The van der Waals surface area contributed by atoms with Crippen LogP contribution >= 0.6 is 23.1 Å². The third-order valence-electron chi connectivity index (χ3n) is 5.99. The fourth-order valence-electron chi connectivity index (χ4n) is 3.94. The minimum absolute atomic E-state index is 0.127. The highest BCUT2D eigenvalue weighted by Gasteiger charge is 2.16. The zero-order valence-corrected chi connectivity index (χ0v) is 24.0. The van der Waals surface area contributed by atoms with E-state index in [4.69, 9.17) is 0 Å². The second kappa shape index (κ2) is 13.2. The van der Waals surface area contributed by atoms with E-state index >= 15 is 0 Å². The summed E-state index contributed by atoms with van der Waals surface area (Å²) in [5.74, 6) is -1.74. The normalized spacial score (nSPS) is 11.2. The zero-order chi connectivity index (χ0) is 29.5. The van der Waals surface area contributed by atoms with Gasteiger partial charge in [0.05, 0.1) is 16.0 Å². The number of fused-ring (bicyclic) bond motifs is 1. The van der Waals surface area contributed by atoms with Crippen molar-refractivity contribution in [2.24, 2.45) is 0 Å². The van der Waals surface area contributed by atoms with Gasteiger partial charge in [0.25, 0.3) is 11.8 Å². The van der Waals surface area contributed by atoms with Crippen molar-refractivity contribution < 1.29 is 18.8 Å². The summed E-state index contributed by atoms with van der Waals surface area (Å²) in [4.78, 5) is 43.9. The van der Waals surface area contributed by atoms with Gasteiger partial charge in [0, 0.05) is 21.7 Å². The number of amides is 3. The Morgan fingerprint density at radius 3 is 2.50 bits per heavy atom. The second-order valence-electron chi connectivity index (χ2n) is 9.21. The van der Waals surface area contributed by atoms with Gasteiger partial charge in [-0.3, -0.25) is 14.4 Å². The zero-order valence-electron chi connectivity index (χ0n) is 22.4. The Morgan fingerprint density at radius 2 is 1.69 bits per heavy atom. The second-order valence-corrected chi connectivity index (χ2v) is 11.3. The molecular formula is C32H25FN4O3S2. The van der Waals surface area contributed by atoms with E-state index in [0.29, 0.717) is 16.4 Å². The molecule has 4 aromatic carbocycles. The molecule has 0 fully saturated rings. The van der Waals surface area contributed by atoms with Crippen LogP contribution in [-0.4, -0.2) is 28.5 Å². The Bertz CT molecular complexity index is 1800. The number of hydrogen-bond acceptors (Lipinski definition) is 6. The van der Waals surface area contributed by atoms with Crippen molar-refractivity contribution in [3.8, 4) is 0 Å². The number of benzene rings is 4. The number of carbonyl (C=O) groups excluding carboxylic acids is 3. The van der Waals surface area contributed by atoms with E-state index in [2.05, 4.69) is 20.9 Å². The maximum absolute atomic E-state index is 14.4. The molecule has 3 amide bonds. The predicted octanol–water partition coefficient (Wildman–Crippen LogP) is 6.88. The smallest absolute Gasteiger partial charge is 0.272 e. The fourth-order valence-corrected chi connectivity index (χ4v) is 5.68. The summed E-state index contributed by atoms with van der Waals surface area (Å²) >= 11 is 2.72. The van der Waals surface area contributed by atoms with Gasteiger partial charge in [-0.15, -0.1) is 11.8 Å². The van der Waals surface area contributed by atoms with Gasteiger partial charge in [0.15, 0.2) is 5.13 Å². The standard InChI is InChI=1S/C32H25FN4O3S2/c1-20-14-15-26-28(16-20)42-32(36-26)37-29(38)19-41-24-12-7-11-23(18-24)34-31(40)27(17-22-10-5-6-13-25(22)33)35-30(39)21-8-3-2-4-9-21/h2-18H,19H2,1H3,(H,34,40)(H,35,39)(H,36,37,38)/b27-17-. The van der Waals surface area contributed by atoms with Crippen LogP contribution in [0.3, 0.4) is 0 Å². The average Bonchev–Trinajstić information content (AvgIpc) is 3.38. The van der Waals surface area contributed by atoms with Crippen LogP contribution in [0.2, 0.25) is 0 Å². The van der Waals surface area contributed by atoms with Crippen molar-refractivity contribution >= 4 is 67.9 Å². The molecule has 1 aromatic heterocycles. The van der Waals surface area contributed by atoms with Crippen molar-refractivity contribution in [3.05, 3.63) is 125 Å². The summed E-state index contributed by atoms with van der Waals surface area (Å²) < 4.78 is 15.4. The van der Waals surface area contributed by atoms with Crippen LogP contribution in [0.5, 0.6) is 0 Å². The maximum atomic E-state index is 14.4. The lowest BCUT2D eigenvalue weighted by Crippen LogP contribution is -2.30. The van der Waals surface area contributed by atoms with E-state index in [1.54, 1.807) is 54.6 Å². The van der Waals surface area contributed by atoms with Crippen LogP contribution in [0, 0.1) is 12.7 Å². The van der Waals surface area contributed by atoms with Gasteiger partial charge in [0.1, 0.15) is 11.5 Å². The van der Waals surface area contributed by atoms with Gasteiger partial charge in [0.2, 0.25) is 5.91 Å². The average molecular weight is 597 g/mol. The van der Waals surface area contributed by atoms with Crippen molar-refractivity contribution in [1.29, 1.82) is 0 Å². The van der Waals surface area contributed by atoms with Crippen LogP contribution in [0.15, 0.2) is 108 Å². The Labute approximate surface area is 249 Å². The van der Waals surface area contributed by atoms with Gasteiger partial charge in [-0.25, -0.2) is 9.37 Å². The van der Waals surface area contributed by atoms with Crippen LogP contribution in [0.1, 0.15) is 21.5 Å². The number of anilines is 2. The first-order valence-corrected chi connectivity index (χ1v) is 14.7. The molecule has 0 aliphatic rings. The number of nitrogens with zero attached hydrogens (tertiary/aromatic N) is 1. The minimum Gasteiger partial charge on any atom is -0.321 e. The first-order chi connectivity index (χ1) is 20.3. The molecule has 0 spiro atoms. The Morgan fingerprint density at radius 1 is 0.905 bits per heavy atom. The third-order valence-corrected chi connectivity index (χ3v) is 7.91. The predicted molar refractivity (Wildman–Crippen MR) is 167 cm³/mol. The Hall–Kier alpha value is -4.80. The van der Waals surface area contributed by atoms with Crippen LogP contribution in [0.25, 0.3) is 16.3 Å². The SMILES string of the molecule is Cc1ccc2nc(NC(=O)CSc3cccc(NC(=O)/C(=C/c4ccccc4F)NC(=O)c4ccccc4)c3)sc2c1. The van der Waals surface area contributed by atoms with Crippen molar-refractivity contribution in [2.45, 2.75) is 11.8 Å². The minimum atomic E-state index is -0.631. The largest absolute Gasteiger partial charge is 0.321 e. The number of halogens is 1. The van der Waals surface area contributed by atoms with E-state index in [1.165, 1.54) is 47.4 Å². The van der Waals surface area contributed by atoms with E-state index < -0.39 is 17.6 Å². The first kappa shape index (κ1) is 28.7. The van der Waals surface area contributed by atoms with Crippen molar-refractivity contribution in [2.75, 3.05) is 16.4 Å². The number of aromatic nitrogens is 1. The molecular weight excluding hydrogens is 572 g/mol. The summed E-state index contributed by atoms with van der Waals surface area (Å²) in [7, 11) is 0. The molecule has 0 saturated heterocycles. The van der Waals surface area contributed by atoms with Gasteiger partial charge in [-0.05, 0) is 67.1 Å². The van der Waals surface area contributed by atoms with Crippen LogP contribution < -0.4 is 16.0 Å². The highest BCUT2D eigenvalue weighted by atomic mass is 32.2. The van der Waals surface area contributed by atoms with E-state index in [1.807, 2.05) is 31.2 Å². The number of thiazole rings is 1. The summed E-state index contributed by atoms with van der Waals surface area (Å²) in [6, 6.07) is 27.3. The van der Waals surface area contributed by atoms with Crippen LogP contribution in [0.4, 0.5) is 15.2 Å². The fraction of sp³-hybridized carbons (Fsp3) is 0.0625. The molecule has 10 heteroatoms. The number of thioether (sulfide) groups is 1. The molecule has 7 nitrogen and oxygen atoms in total. The third kappa shape index (κ3) is 7.48. The molecule has 0 unspecified atom stereocenters. The number of rotatable bonds is 9. The number of nitrogens with one attached hydrogen (secondary N) is 3. The number of aryl methyl sites for hydroxylation is 1. The Kier molecular flexibility index (Phi) is 9.05. The highest BCUT2D eigenvalue weighted by Crippen LogP contribution is 2.27.